The van der Waals surface area contributed by atoms with E-state index in [0.29, 0.717) is 25.7 Å². The second-order valence-electron chi connectivity index (χ2n) is 33.5. The van der Waals surface area contributed by atoms with Crippen LogP contribution in [0.25, 0.3) is 0 Å². The smallest absolute Gasteiger partial charge is 0.462 e. The number of aliphatic hydroxyl groups is 1. The van der Waals surface area contributed by atoms with Gasteiger partial charge in [-0.3, -0.25) is 37.3 Å². The fourth-order valence-electron chi connectivity index (χ4n) is 14.0. The molecular weight excluding hydrogens is 1410 g/mol. The van der Waals surface area contributed by atoms with Crippen molar-refractivity contribution in [3.63, 3.8) is 0 Å². The largest absolute Gasteiger partial charge is 0.472 e. The van der Waals surface area contributed by atoms with Gasteiger partial charge in [0.2, 0.25) is 0 Å². The van der Waals surface area contributed by atoms with E-state index in [2.05, 4.69) is 48.5 Å². The average Bonchev–Trinajstić information content (AvgIpc) is 0.893. The van der Waals surface area contributed by atoms with Gasteiger partial charge in [-0.05, 0) is 43.4 Å². The normalized spacial score (nSPS) is 14.1. The number of aliphatic hydroxyl groups excluding tert-OH is 1. The summed E-state index contributed by atoms with van der Waals surface area (Å²) < 4.78 is 69.1. The standard InChI is InChI=1S/C90H176O17P2/c1-8-10-11-12-13-14-15-26-36-43-50-57-64-71-87(92)100-77-85(107-90(95)74-67-60-53-46-39-32-25-28-34-41-48-55-62-69-82(5)6)79-104-108(96,97)102-75-84(91)76-103-109(98,99)105-80-86(78-101-88(93)72-65-58-51-44-37-30-24-20-21-27-33-40-47-54-61-68-81(3)4)106-89(94)73-66-59-52-45-38-31-23-19-17-16-18-22-29-35-42-49-56-63-70-83(7)9-2/h81-86,91H,8-80H2,1-7H3,(H,96,97)(H,98,99)/t83?,84-,85+,86+/m0/s1. The molecule has 17 nitrogen and oxygen atoms in total. The quantitative estimate of drug-likeness (QED) is 0.0222. The van der Waals surface area contributed by atoms with Crippen molar-refractivity contribution in [3.8, 4) is 0 Å². The van der Waals surface area contributed by atoms with Crippen LogP contribution in [0.15, 0.2) is 0 Å². The Bertz CT molecular complexity index is 2100. The molecule has 0 rings (SSSR count). The number of rotatable bonds is 88. The van der Waals surface area contributed by atoms with Gasteiger partial charge in [-0.1, -0.05) is 427 Å². The van der Waals surface area contributed by atoms with E-state index in [9.17, 15) is 43.2 Å². The van der Waals surface area contributed by atoms with Crippen LogP contribution >= 0.6 is 15.6 Å². The molecule has 0 aliphatic rings. The minimum Gasteiger partial charge on any atom is -0.462 e. The van der Waals surface area contributed by atoms with Crippen LogP contribution in [-0.4, -0.2) is 96.7 Å². The molecule has 3 unspecified atom stereocenters. The summed E-state index contributed by atoms with van der Waals surface area (Å²) in [4.78, 5) is 73.4. The molecule has 3 N–H and O–H groups in total. The molecule has 19 heteroatoms. The minimum absolute atomic E-state index is 0.108. The minimum atomic E-state index is -4.97. The third-order valence-electron chi connectivity index (χ3n) is 21.5. The monoisotopic (exact) mass is 1590 g/mol. The van der Waals surface area contributed by atoms with Gasteiger partial charge >= 0.3 is 39.5 Å². The first kappa shape index (κ1) is 107. The van der Waals surface area contributed by atoms with E-state index in [-0.39, 0.29) is 25.7 Å². The second kappa shape index (κ2) is 79.9. The third-order valence-corrected chi connectivity index (χ3v) is 23.4. The maximum absolute atomic E-state index is 13.2. The maximum atomic E-state index is 13.2. The van der Waals surface area contributed by atoms with E-state index in [1.807, 2.05) is 0 Å². The molecule has 0 amide bonds. The van der Waals surface area contributed by atoms with Gasteiger partial charge in [-0.2, -0.15) is 0 Å². The number of carbonyl (C=O) groups excluding carboxylic acids is 4. The Balaban J connectivity index is 5.26. The summed E-state index contributed by atoms with van der Waals surface area (Å²) in [7, 11) is -9.94. The average molecular weight is 1590 g/mol. The molecule has 0 saturated heterocycles. The summed E-state index contributed by atoms with van der Waals surface area (Å²) in [6.45, 7) is 12.1. The molecule has 0 saturated carbocycles. The van der Waals surface area contributed by atoms with E-state index in [1.54, 1.807) is 0 Å². The summed E-state index contributed by atoms with van der Waals surface area (Å²) in [6, 6.07) is 0. The second-order valence-corrected chi connectivity index (χ2v) is 36.4. The van der Waals surface area contributed by atoms with Gasteiger partial charge in [0, 0.05) is 25.7 Å². The summed E-state index contributed by atoms with van der Waals surface area (Å²) in [5, 5.41) is 10.7. The Hall–Kier alpha value is -1.94. The lowest BCUT2D eigenvalue weighted by atomic mass is 9.99. The highest BCUT2D eigenvalue weighted by Gasteiger charge is 2.31. The highest BCUT2D eigenvalue weighted by atomic mass is 31.2. The zero-order chi connectivity index (χ0) is 80.0. The number of hydrogen-bond donors (Lipinski definition) is 3. The van der Waals surface area contributed by atoms with Gasteiger partial charge in [0.05, 0.1) is 26.4 Å². The number of unbranched alkanes of at least 4 members (excludes halogenated alkanes) is 55. The Labute approximate surface area is 670 Å². The van der Waals surface area contributed by atoms with Gasteiger partial charge in [-0.25, -0.2) is 9.13 Å². The van der Waals surface area contributed by atoms with Crippen molar-refractivity contribution < 1.29 is 80.2 Å². The van der Waals surface area contributed by atoms with Crippen LogP contribution in [-0.2, 0) is 65.4 Å². The fourth-order valence-corrected chi connectivity index (χ4v) is 15.6. The van der Waals surface area contributed by atoms with Crippen LogP contribution in [0, 0.1) is 17.8 Å². The van der Waals surface area contributed by atoms with Gasteiger partial charge in [-0.15, -0.1) is 0 Å². The Morgan fingerprint density at radius 1 is 0.266 bits per heavy atom. The molecule has 0 aliphatic heterocycles. The first-order chi connectivity index (χ1) is 52.8. The highest BCUT2D eigenvalue weighted by molar-refractivity contribution is 7.47. The van der Waals surface area contributed by atoms with Crippen molar-refractivity contribution in [2.75, 3.05) is 39.6 Å². The lowest BCUT2D eigenvalue weighted by molar-refractivity contribution is -0.161. The Kier molecular flexibility index (Phi) is 78.5. The molecule has 0 aromatic rings. The zero-order valence-corrected chi connectivity index (χ0v) is 73.8. The number of hydrogen-bond acceptors (Lipinski definition) is 15. The first-order valence-corrected chi connectivity index (χ1v) is 49.4. The van der Waals surface area contributed by atoms with Gasteiger partial charge in [0.25, 0.3) is 0 Å². The van der Waals surface area contributed by atoms with Crippen molar-refractivity contribution in [2.24, 2.45) is 17.8 Å². The molecule has 6 atom stereocenters. The molecule has 0 aliphatic carbocycles. The molecule has 648 valence electrons. The number of carbonyl (C=O) groups is 4. The molecular formula is C90H176O17P2. The summed E-state index contributed by atoms with van der Waals surface area (Å²) in [5.74, 6) is 0.367. The fraction of sp³-hybridized carbons (Fsp3) is 0.956. The van der Waals surface area contributed by atoms with Crippen LogP contribution in [0.3, 0.4) is 0 Å². The predicted octanol–water partition coefficient (Wildman–Crippen LogP) is 27.6. The van der Waals surface area contributed by atoms with Crippen LogP contribution < -0.4 is 0 Å². The highest BCUT2D eigenvalue weighted by Crippen LogP contribution is 2.45. The first-order valence-electron chi connectivity index (χ1n) is 46.4. The lowest BCUT2D eigenvalue weighted by Crippen LogP contribution is -2.30. The van der Waals surface area contributed by atoms with Crippen LogP contribution in [0.1, 0.15) is 479 Å². The Morgan fingerprint density at radius 3 is 0.697 bits per heavy atom. The van der Waals surface area contributed by atoms with Crippen molar-refractivity contribution >= 4 is 39.5 Å². The molecule has 0 bridgehead atoms. The van der Waals surface area contributed by atoms with Crippen molar-refractivity contribution in [1.82, 2.24) is 0 Å². The Morgan fingerprint density at radius 2 is 0.468 bits per heavy atom. The van der Waals surface area contributed by atoms with E-state index >= 15 is 0 Å². The lowest BCUT2D eigenvalue weighted by Gasteiger charge is -2.21. The van der Waals surface area contributed by atoms with E-state index in [0.717, 1.165) is 108 Å². The molecule has 0 heterocycles. The van der Waals surface area contributed by atoms with Gasteiger partial charge < -0.3 is 33.8 Å². The molecule has 109 heavy (non-hydrogen) atoms. The van der Waals surface area contributed by atoms with E-state index < -0.39 is 97.5 Å². The molecule has 0 radical (unpaired) electrons. The maximum Gasteiger partial charge on any atom is 0.472 e. The summed E-state index contributed by atoms with van der Waals surface area (Å²) >= 11 is 0. The number of esters is 4. The van der Waals surface area contributed by atoms with Crippen molar-refractivity contribution in [2.45, 2.75) is 497 Å². The van der Waals surface area contributed by atoms with Crippen molar-refractivity contribution in [1.29, 1.82) is 0 Å². The van der Waals surface area contributed by atoms with Crippen LogP contribution in [0.5, 0.6) is 0 Å². The molecule has 0 fully saturated rings. The predicted molar refractivity (Wildman–Crippen MR) is 451 cm³/mol. The molecule has 0 aromatic heterocycles. The number of phosphoric acid groups is 2. The van der Waals surface area contributed by atoms with Crippen LogP contribution in [0.4, 0.5) is 0 Å². The van der Waals surface area contributed by atoms with Gasteiger partial charge in [0.15, 0.2) is 12.2 Å². The molecule has 0 spiro atoms. The summed E-state index contributed by atoms with van der Waals surface area (Å²) in [6.07, 6.45) is 72.1. The summed E-state index contributed by atoms with van der Waals surface area (Å²) in [5.41, 5.74) is 0. The zero-order valence-electron chi connectivity index (χ0n) is 72.0. The van der Waals surface area contributed by atoms with Gasteiger partial charge in [0.1, 0.15) is 19.3 Å². The third kappa shape index (κ3) is 82.4. The van der Waals surface area contributed by atoms with Crippen molar-refractivity contribution in [3.05, 3.63) is 0 Å². The van der Waals surface area contributed by atoms with E-state index in [4.69, 9.17) is 37.0 Å². The van der Waals surface area contributed by atoms with Crippen LogP contribution in [0.2, 0.25) is 0 Å². The topological polar surface area (TPSA) is 237 Å². The van der Waals surface area contributed by atoms with E-state index in [1.165, 1.54) is 289 Å². The number of ether oxygens (including phenoxy) is 4. The SMILES string of the molecule is CCCCCCCCCCCCCCCC(=O)OC[C@H](COP(=O)(O)OC[C@H](O)COP(=O)(O)OC[C@@H](COC(=O)CCCCCCCCCCCCCCCCCC(C)C)OC(=O)CCCCCCCCCCCCCCCCCCCCC(C)CC)OC(=O)CCCCCCCCCCCCCCCC(C)C. The number of phosphoric ester groups is 2. The molecule has 0 aromatic carbocycles.